The largest absolute Gasteiger partial charge is 0.354 e. The molecule has 1 aromatic rings. The number of rotatable bonds is 8. The van der Waals surface area contributed by atoms with Crippen molar-refractivity contribution in [2.45, 2.75) is 33.9 Å². The molecule has 1 aromatic heterocycles. The predicted molar refractivity (Wildman–Crippen MR) is 69.6 cm³/mol. The maximum atomic E-state index is 3.48. The Kier molecular flexibility index (Phi) is 6.19. The van der Waals surface area contributed by atoms with Gasteiger partial charge in [-0.05, 0) is 31.6 Å². The quantitative estimate of drug-likeness (QED) is 0.680. The molecule has 0 aliphatic heterocycles. The molecule has 0 saturated heterocycles. The molecule has 0 unspecified atom stereocenters. The van der Waals surface area contributed by atoms with Crippen molar-refractivity contribution in [1.29, 1.82) is 0 Å². The Hall–Kier alpha value is -0.800. The lowest BCUT2D eigenvalue weighted by Gasteiger charge is -2.17. The standard InChI is InChI=1S/C13H25N3/c1-4-15(5-2)10-8-14-11-13-7-9-16(6-3)12-13/h7,9,12,14H,4-6,8,10-11H2,1-3H3. The van der Waals surface area contributed by atoms with Gasteiger partial charge in [0.25, 0.3) is 0 Å². The number of nitrogens with zero attached hydrogens (tertiary/aromatic N) is 2. The summed E-state index contributed by atoms with van der Waals surface area (Å²) in [6.07, 6.45) is 4.35. The van der Waals surface area contributed by atoms with Crippen LogP contribution >= 0.6 is 0 Å². The second-order valence-electron chi connectivity index (χ2n) is 4.05. The first-order valence-electron chi connectivity index (χ1n) is 6.37. The molecule has 1 heterocycles. The van der Waals surface area contributed by atoms with Gasteiger partial charge in [-0.15, -0.1) is 0 Å². The Balaban J connectivity index is 2.15. The van der Waals surface area contributed by atoms with Gasteiger partial charge in [0, 0.05) is 38.6 Å². The highest BCUT2D eigenvalue weighted by atomic mass is 15.1. The minimum absolute atomic E-state index is 0.980. The Morgan fingerprint density at radius 2 is 2.00 bits per heavy atom. The number of hydrogen-bond acceptors (Lipinski definition) is 2. The second-order valence-corrected chi connectivity index (χ2v) is 4.05. The van der Waals surface area contributed by atoms with Gasteiger partial charge in [-0.25, -0.2) is 0 Å². The van der Waals surface area contributed by atoms with Crippen molar-refractivity contribution in [2.24, 2.45) is 0 Å². The molecular formula is C13H25N3. The average Bonchev–Trinajstić information content (AvgIpc) is 2.77. The van der Waals surface area contributed by atoms with E-state index < -0.39 is 0 Å². The van der Waals surface area contributed by atoms with Crippen LogP contribution in [0.15, 0.2) is 18.5 Å². The minimum atomic E-state index is 0.980. The third-order valence-electron chi connectivity index (χ3n) is 3.01. The van der Waals surface area contributed by atoms with Gasteiger partial charge in [0.1, 0.15) is 0 Å². The second kappa shape index (κ2) is 7.47. The van der Waals surface area contributed by atoms with Crippen LogP contribution in [-0.4, -0.2) is 35.6 Å². The summed E-state index contributed by atoms with van der Waals surface area (Å²) in [5.74, 6) is 0. The summed E-state index contributed by atoms with van der Waals surface area (Å²) in [4.78, 5) is 2.43. The van der Waals surface area contributed by atoms with Gasteiger partial charge < -0.3 is 14.8 Å². The molecule has 16 heavy (non-hydrogen) atoms. The van der Waals surface area contributed by atoms with Crippen LogP contribution in [0.25, 0.3) is 0 Å². The lowest BCUT2D eigenvalue weighted by molar-refractivity contribution is 0.302. The molecule has 0 radical (unpaired) electrons. The summed E-state index contributed by atoms with van der Waals surface area (Å²) >= 11 is 0. The molecule has 0 aliphatic carbocycles. The molecule has 0 aromatic carbocycles. The molecular weight excluding hydrogens is 198 g/mol. The Bertz CT molecular complexity index is 276. The zero-order valence-electron chi connectivity index (χ0n) is 10.9. The molecule has 0 fully saturated rings. The number of aryl methyl sites for hydroxylation is 1. The van der Waals surface area contributed by atoms with Gasteiger partial charge >= 0.3 is 0 Å². The maximum Gasteiger partial charge on any atom is 0.0221 e. The molecule has 0 atom stereocenters. The highest BCUT2D eigenvalue weighted by molar-refractivity contribution is 5.09. The highest BCUT2D eigenvalue weighted by Gasteiger charge is 1.98. The van der Waals surface area contributed by atoms with Crippen LogP contribution < -0.4 is 5.32 Å². The molecule has 0 bridgehead atoms. The number of hydrogen-bond donors (Lipinski definition) is 1. The van der Waals surface area contributed by atoms with E-state index >= 15 is 0 Å². The van der Waals surface area contributed by atoms with Crippen molar-refractivity contribution in [3.63, 3.8) is 0 Å². The van der Waals surface area contributed by atoms with Crippen LogP contribution in [0.5, 0.6) is 0 Å². The summed E-state index contributed by atoms with van der Waals surface area (Å²) < 4.78 is 2.21. The highest BCUT2D eigenvalue weighted by Crippen LogP contribution is 2.00. The van der Waals surface area contributed by atoms with E-state index in [-0.39, 0.29) is 0 Å². The van der Waals surface area contributed by atoms with Crippen molar-refractivity contribution in [3.8, 4) is 0 Å². The van der Waals surface area contributed by atoms with E-state index in [4.69, 9.17) is 0 Å². The lowest BCUT2D eigenvalue weighted by Crippen LogP contribution is -2.31. The summed E-state index contributed by atoms with van der Waals surface area (Å²) in [7, 11) is 0. The number of nitrogens with one attached hydrogen (secondary N) is 1. The monoisotopic (exact) mass is 223 g/mol. The van der Waals surface area contributed by atoms with Gasteiger partial charge in [-0.2, -0.15) is 0 Å². The number of aromatic nitrogens is 1. The fourth-order valence-corrected chi connectivity index (χ4v) is 1.80. The molecule has 3 nitrogen and oxygen atoms in total. The fourth-order valence-electron chi connectivity index (χ4n) is 1.80. The smallest absolute Gasteiger partial charge is 0.0221 e. The van der Waals surface area contributed by atoms with E-state index in [1.54, 1.807) is 0 Å². The molecule has 0 amide bonds. The normalized spacial score (nSPS) is 11.2. The molecule has 0 spiro atoms. The maximum absolute atomic E-state index is 3.48. The Morgan fingerprint density at radius 1 is 1.25 bits per heavy atom. The summed E-state index contributed by atoms with van der Waals surface area (Å²) in [5.41, 5.74) is 1.38. The van der Waals surface area contributed by atoms with E-state index in [1.807, 2.05) is 0 Å². The van der Waals surface area contributed by atoms with E-state index in [0.717, 1.165) is 39.3 Å². The predicted octanol–water partition coefficient (Wildman–Crippen LogP) is 1.94. The zero-order valence-corrected chi connectivity index (χ0v) is 10.9. The topological polar surface area (TPSA) is 20.2 Å². The van der Waals surface area contributed by atoms with Crippen LogP contribution in [0, 0.1) is 0 Å². The van der Waals surface area contributed by atoms with Crippen LogP contribution in [0.2, 0.25) is 0 Å². The average molecular weight is 223 g/mol. The van der Waals surface area contributed by atoms with Crippen molar-refractivity contribution in [3.05, 3.63) is 24.0 Å². The van der Waals surface area contributed by atoms with Crippen LogP contribution in [0.3, 0.4) is 0 Å². The van der Waals surface area contributed by atoms with Crippen molar-refractivity contribution in [1.82, 2.24) is 14.8 Å². The molecule has 92 valence electrons. The van der Waals surface area contributed by atoms with Crippen molar-refractivity contribution in [2.75, 3.05) is 26.2 Å². The molecule has 1 rings (SSSR count). The first kappa shape index (κ1) is 13.3. The summed E-state index contributed by atoms with van der Waals surface area (Å²) in [6, 6.07) is 2.19. The van der Waals surface area contributed by atoms with Gasteiger partial charge in [-0.1, -0.05) is 13.8 Å². The molecule has 3 heteroatoms. The lowest BCUT2D eigenvalue weighted by atomic mass is 10.3. The first-order chi connectivity index (χ1) is 7.80. The van der Waals surface area contributed by atoms with E-state index in [9.17, 15) is 0 Å². The van der Waals surface area contributed by atoms with Gasteiger partial charge in [0.15, 0.2) is 0 Å². The van der Waals surface area contributed by atoms with Gasteiger partial charge in [0.05, 0.1) is 0 Å². The van der Waals surface area contributed by atoms with E-state index in [2.05, 4.69) is 54.0 Å². The molecule has 0 saturated carbocycles. The summed E-state index contributed by atoms with van der Waals surface area (Å²) in [5, 5.41) is 3.48. The van der Waals surface area contributed by atoms with Crippen LogP contribution in [-0.2, 0) is 13.1 Å². The van der Waals surface area contributed by atoms with Gasteiger partial charge in [0.2, 0.25) is 0 Å². The Morgan fingerprint density at radius 3 is 2.56 bits per heavy atom. The third kappa shape index (κ3) is 4.37. The zero-order chi connectivity index (χ0) is 11.8. The van der Waals surface area contributed by atoms with Gasteiger partial charge in [-0.3, -0.25) is 0 Å². The van der Waals surface area contributed by atoms with Crippen molar-refractivity contribution < 1.29 is 0 Å². The van der Waals surface area contributed by atoms with Crippen molar-refractivity contribution >= 4 is 0 Å². The SMILES string of the molecule is CCN(CC)CCNCc1ccn(CC)c1. The Labute approximate surface area is 99.4 Å². The molecule has 1 N–H and O–H groups in total. The third-order valence-corrected chi connectivity index (χ3v) is 3.01. The van der Waals surface area contributed by atoms with Crippen LogP contribution in [0.1, 0.15) is 26.3 Å². The number of likely N-dealkylation sites (N-methyl/N-ethyl adjacent to an activating group) is 1. The fraction of sp³-hybridized carbons (Fsp3) is 0.692. The van der Waals surface area contributed by atoms with E-state index in [1.165, 1.54) is 5.56 Å². The first-order valence-corrected chi connectivity index (χ1v) is 6.37. The summed E-state index contributed by atoms with van der Waals surface area (Å²) in [6.45, 7) is 13.1. The van der Waals surface area contributed by atoms with Crippen LogP contribution in [0.4, 0.5) is 0 Å². The minimum Gasteiger partial charge on any atom is -0.354 e. The molecule has 0 aliphatic rings. The van der Waals surface area contributed by atoms with E-state index in [0.29, 0.717) is 0 Å².